The van der Waals surface area contributed by atoms with Crippen LogP contribution in [0.25, 0.3) is 11.4 Å². The van der Waals surface area contributed by atoms with Gasteiger partial charge >= 0.3 is 6.08 Å². The molecule has 0 atom stereocenters. The van der Waals surface area contributed by atoms with Gasteiger partial charge in [0.15, 0.2) is 6.61 Å². The first kappa shape index (κ1) is 18.3. The molecule has 1 amide bonds. The van der Waals surface area contributed by atoms with Gasteiger partial charge in [-0.3, -0.25) is 9.32 Å². The second kappa shape index (κ2) is 7.90. The summed E-state index contributed by atoms with van der Waals surface area (Å²) < 4.78 is 15.8. The number of amides is 1. The summed E-state index contributed by atoms with van der Waals surface area (Å²) in [5.74, 6) is 0.911. The first-order valence-electron chi connectivity index (χ1n) is 8.84. The van der Waals surface area contributed by atoms with Gasteiger partial charge in [0.25, 0.3) is 5.91 Å². The van der Waals surface area contributed by atoms with Crippen molar-refractivity contribution in [3.05, 3.63) is 53.1 Å². The molecule has 0 N–H and O–H groups in total. The Morgan fingerprint density at radius 2 is 2.14 bits per heavy atom. The summed E-state index contributed by atoms with van der Waals surface area (Å²) >= 11 is 6.13. The Hall–Kier alpha value is -3.06. The van der Waals surface area contributed by atoms with E-state index in [-0.39, 0.29) is 18.6 Å². The number of halogens is 1. The topological polar surface area (TPSA) is 77.7 Å². The molecule has 0 spiro atoms. The highest BCUT2D eigenvalue weighted by atomic mass is 35.5. The minimum Gasteiger partial charge on any atom is -0.497 e. The third-order valence-corrected chi connectivity index (χ3v) is 4.88. The van der Waals surface area contributed by atoms with Crippen molar-refractivity contribution in [3.8, 4) is 23.2 Å². The highest BCUT2D eigenvalue weighted by Crippen LogP contribution is 2.31. The number of hydrogen-bond donors (Lipinski definition) is 0. The third kappa shape index (κ3) is 3.66. The first-order valence-corrected chi connectivity index (χ1v) is 9.22. The number of methoxy groups -OCH3 is 1. The summed E-state index contributed by atoms with van der Waals surface area (Å²) in [5, 5.41) is 4.36. The Kier molecular flexibility index (Phi) is 5.16. The molecule has 1 aromatic heterocycles. The standard InChI is InChI=1S/C20H18ClN3O4/c1-26-14-8-9-17-13(11-14)5-4-10-24(17)18(25)12-27-20-22-19(23-28-20)15-6-2-3-7-16(15)21/h2-3,6-9,11H,4-5,10,12H2,1H3. The van der Waals surface area contributed by atoms with E-state index in [2.05, 4.69) is 10.1 Å². The van der Waals surface area contributed by atoms with Crippen molar-refractivity contribution in [3.63, 3.8) is 0 Å². The number of rotatable bonds is 5. The van der Waals surface area contributed by atoms with Crippen molar-refractivity contribution >= 4 is 23.2 Å². The number of hydrogen-bond acceptors (Lipinski definition) is 6. The number of fused-ring (bicyclic) bond motifs is 1. The van der Waals surface area contributed by atoms with Gasteiger partial charge in [0.1, 0.15) is 5.75 Å². The summed E-state index contributed by atoms with van der Waals surface area (Å²) in [6.07, 6.45) is 1.71. The van der Waals surface area contributed by atoms with Gasteiger partial charge in [-0.25, -0.2) is 0 Å². The lowest BCUT2D eigenvalue weighted by atomic mass is 10.0. The lowest BCUT2D eigenvalue weighted by Gasteiger charge is -2.29. The highest BCUT2D eigenvalue weighted by molar-refractivity contribution is 6.33. The molecular formula is C20H18ClN3O4. The molecule has 0 fully saturated rings. The number of nitrogens with zero attached hydrogens (tertiary/aromatic N) is 3. The molecule has 7 nitrogen and oxygen atoms in total. The predicted octanol–water partition coefficient (Wildman–Crippen LogP) is 3.76. The molecule has 0 unspecified atom stereocenters. The number of carbonyl (C=O) groups is 1. The van der Waals surface area contributed by atoms with E-state index in [4.69, 9.17) is 25.6 Å². The van der Waals surface area contributed by atoms with Gasteiger partial charge in [-0.1, -0.05) is 28.9 Å². The molecule has 2 aromatic carbocycles. The number of aromatic nitrogens is 2. The molecule has 0 radical (unpaired) electrons. The van der Waals surface area contributed by atoms with Gasteiger partial charge in [0.2, 0.25) is 5.82 Å². The average molecular weight is 400 g/mol. The number of ether oxygens (including phenoxy) is 2. The molecule has 0 bridgehead atoms. The van der Waals surface area contributed by atoms with Crippen molar-refractivity contribution in [2.75, 3.05) is 25.2 Å². The van der Waals surface area contributed by atoms with Gasteiger partial charge in [-0.2, -0.15) is 4.98 Å². The zero-order valence-electron chi connectivity index (χ0n) is 15.2. The molecule has 144 valence electrons. The van der Waals surface area contributed by atoms with E-state index >= 15 is 0 Å². The van der Waals surface area contributed by atoms with E-state index in [9.17, 15) is 4.79 Å². The maximum Gasteiger partial charge on any atom is 0.418 e. The molecule has 0 saturated carbocycles. The Bertz CT molecular complexity index is 1000. The van der Waals surface area contributed by atoms with Crippen LogP contribution in [0, 0.1) is 0 Å². The third-order valence-electron chi connectivity index (χ3n) is 4.55. The average Bonchev–Trinajstić information content (AvgIpc) is 3.20. The summed E-state index contributed by atoms with van der Waals surface area (Å²) in [4.78, 5) is 18.5. The molecule has 28 heavy (non-hydrogen) atoms. The molecule has 4 rings (SSSR count). The van der Waals surface area contributed by atoms with Crippen LogP contribution in [-0.2, 0) is 11.2 Å². The predicted molar refractivity (Wildman–Crippen MR) is 104 cm³/mol. The van der Waals surface area contributed by atoms with E-state index in [1.807, 2.05) is 30.3 Å². The lowest BCUT2D eigenvalue weighted by molar-refractivity contribution is -0.121. The summed E-state index contributed by atoms with van der Waals surface area (Å²) in [6, 6.07) is 12.9. The maximum atomic E-state index is 12.7. The molecule has 1 aliphatic rings. The van der Waals surface area contributed by atoms with Gasteiger partial charge in [0, 0.05) is 17.8 Å². The van der Waals surface area contributed by atoms with Crippen molar-refractivity contribution in [2.45, 2.75) is 12.8 Å². The molecule has 1 aliphatic heterocycles. The number of carbonyl (C=O) groups excluding carboxylic acids is 1. The number of anilines is 1. The molecular weight excluding hydrogens is 382 g/mol. The van der Waals surface area contributed by atoms with E-state index in [0.717, 1.165) is 29.8 Å². The number of aryl methyl sites for hydroxylation is 1. The van der Waals surface area contributed by atoms with Crippen LogP contribution < -0.4 is 14.4 Å². The zero-order chi connectivity index (χ0) is 19.5. The Balaban J connectivity index is 1.44. The van der Waals surface area contributed by atoms with Gasteiger partial charge in [-0.15, -0.1) is 0 Å². The quantitative estimate of drug-likeness (QED) is 0.650. The largest absolute Gasteiger partial charge is 0.497 e. The molecule has 8 heteroatoms. The summed E-state index contributed by atoms with van der Waals surface area (Å²) in [5.41, 5.74) is 2.59. The van der Waals surface area contributed by atoms with Crippen LogP contribution in [0.4, 0.5) is 5.69 Å². The minimum atomic E-state index is -0.199. The van der Waals surface area contributed by atoms with Crippen LogP contribution in [0.3, 0.4) is 0 Å². The first-order chi connectivity index (χ1) is 13.7. The van der Waals surface area contributed by atoms with E-state index in [0.29, 0.717) is 23.0 Å². The second-order valence-electron chi connectivity index (χ2n) is 6.30. The highest BCUT2D eigenvalue weighted by Gasteiger charge is 2.24. The molecule has 0 saturated heterocycles. The second-order valence-corrected chi connectivity index (χ2v) is 6.70. The van der Waals surface area contributed by atoms with Crippen LogP contribution in [0.15, 0.2) is 47.0 Å². The lowest BCUT2D eigenvalue weighted by Crippen LogP contribution is -2.38. The van der Waals surface area contributed by atoms with E-state index < -0.39 is 0 Å². The Morgan fingerprint density at radius 3 is 2.96 bits per heavy atom. The van der Waals surface area contributed by atoms with Gasteiger partial charge in [-0.05, 0) is 48.7 Å². The fraction of sp³-hybridized carbons (Fsp3) is 0.250. The molecule has 3 aromatic rings. The van der Waals surface area contributed by atoms with Gasteiger partial charge < -0.3 is 14.4 Å². The van der Waals surface area contributed by atoms with Crippen molar-refractivity contribution in [1.29, 1.82) is 0 Å². The number of benzene rings is 2. The summed E-state index contributed by atoms with van der Waals surface area (Å²) in [7, 11) is 1.63. The Labute approximate surface area is 166 Å². The van der Waals surface area contributed by atoms with Crippen LogP contribution in [0.5, 0.6) is 11.8 Å². The Morgan fingerprint density at radius 1 is 1.29 bits per heavy atom. The zero-order valence-corrected chi connectivity index (χ0v) is 16.0. The molecule has 2 heterocycles. The molecule has 0 aliphatic carbocycles. The normalized spacial score (nSPS) is 13.1. The van der Waals surface area contributed by atoms with Crippen molar-refractivity contribution in [2.24, 2.45) is 0 Å². The minimum absolute atomic E-state index is 0.0739. The monoisotopic (exact) mass is 399 g/mol. The maximum absolute atomic E-state index is 12.7. The summed E-state index contributed by atoms with van der Waals surface area (Å²) in [6.45, 7) is 0.436. The SMILES string of the molecule is COc1ccc2c(c1)CCCN2C(=O)COc1nc(-c2ccccc2Cl)no1. The van der Waals surface area contributed by atoms with Crippen LogP contribution in [-0.4, -0.2) is 36.3 Å². The van der Waals surface area contributed by atoms with Crippen LogP contribution >= 0.6 is 11.6 Å². The van der Waals surface area contributed by atoms with Crippen molar-refractivity contribution < 1.29 is 18.8 Å². The fourth-order valence-corrected chi connectivity index (χ4v) is 3.40. The van der Waals surface area contributed by atoms with Gasteiger partial charge in [0.05, 0.1) is 12.1 Å². The van der Waals surface area contributed by atoms with E-state index in [1.54, 1.807) is 24.1 Å². The smallest absolute Gasteiger partial charge is 0.418 e. The van der Waals surface area contributed by atoms with E-state index in [1.165, 1.54) is 0 Å². The fourth-order valence-electron chi connectivity index (χ4n) is 3.18. The van der Waals surface area contributed by atoms with Crippen LogP contribution in [0.2, 0.25) is 5.02 Å². The van der Waals surface area contributed by atoms with Crippen molar-refractivity contribution in [1.82, 2.24) is 10.1 Å². The van der Waals surface area contributed by atoms with Crippen LogP contribution in [0.1, 0.15) is 12.0 Å².